The maximum absolute atomic E-state index is 13.6. The van der Waals surface area contributed by atoms with Crippen LogP contribution in [0.4, 0.5) is 0 Å². The molecule has 2 atom stereocenters. The lowest BCUT2D eigenvalue weighted by molar-refractivity contribution is -0.181. The van der Waals surface area contributed by atoms with Gasteiger partial charge in [0.2, 0.25) is 5.91 Å². The Labute approximate surface area is 152 Å². The number of hydrogen-bond acceptors (Lipinski definition) is 3. The van der Waals surface area contributed by atoms with Crippen molar-refractivity contribution in [3.8, 4) is 0 Å². The fourth-order valence-corrected chi connectivity index (χ4v) is 7.58. The van der Waals surface area contributed by atoms with Crippen LogP contribution < -0.4 is 5.73 Å². The van der Waals surface area contributed by atoms with Crippen molar-refractivity contribution in [2.24, 2.45) is 27.9 Å². The van der Waals surface area contributed by atoms with Crippen LogP contribution in [0.15, 0.2) is 0 Å². The van der Waals surface area contributed by atoms with Crippen molar-refractivity contribution in [2.75, 3.05) is 26.2 Å². The highest BCUT2D eigenvalue weighted by Crippen LogP contribution is 2.69. The van der Waals surface area contributed by atoms with Crippen molar-refractivity contribution in [1.29, 1.82) is 0 Å². The summed E-state index contributed by atoms with van der Waals surface area (Å²) in [7, 11) is 0. The van der Waals surface area contributed by atoms with Gasteiger partial charge in [0.15, 0.2) is 0 Å². The summed E-state index contributed by atoms with van der Waals surface area (Å²) in [6.07, 6.45) is 10.7. The number of hydrogen-bond donors (Lipinski definition) is 1. The van der Waals surface area contributed by atoms with Gasteiger partial charge in [0.25, 0.3) is 0 Å². The van der Waals surface area contributed by atoms with Crippen LogP contribution in [0, 0.1) is 22.2 Å². The molecule has 1 saturated heterocycles. The largest absolute Gasteiger partial charge is 0.378 e. The molecule has 1 amide bonds. The third kappa shape index (κ3) is 3.25. The Morgan fingerprint density at radius 3 is 2.28 bits per heavy atom. The summed E-state index contributed by atoms with van der Waals surface area (Å²) in [5.41, 5.74) is 6.31. The van der Waals surface area contributed by atoms with Crippen molar-refractivity contribution in [3.05, 3.63) is 0 Å². The van der Waals surface area contributed by atoms with E-state index in [9.17, 15) is 4.79 Å². The van der Waals surface area contributed by atoms with Crippen molar-refractivity contribution in [1.82, 2.24) is 4.90 Å². The SMILES string of the molecule is CC12CC3CC(C)(C1)CC(C(=O)N1CCC(OCCCN)CC1)(C3)C2. The zero-order valence-electron chi connectivity index (χ0n) is 16.2. The molecule has 1 heterocycles. The molecule has 4 heteroatoms. The number of likely N-dealkylation sites (tertiary alicyclic amines) is 1. The van der Waals surface area contributed by atoms with Crippen LogP contribution in [-0.4, -0.2) is 43.2 Å². The van der Waals surface area contributed by atoms with Crippen LogP contribution in [0.5, 0.6) is 0 Å². The number of rotatable bonds is 5. The highest BCUT2D eigenvalue weighted by atomic mass is 16.5. The van der Waals surface area contributed by atoms with Gasteiger partial charge in [-0.25, -0.2) is 0 Å². The molecule has 5 rings (SSSR count). The van der Waals surface area contributed by atoms with Crippen LogP contribution in [0.3, 0.4) is 0 Å². The van der Waals surface area contributed by atoms with E-state index in [1.165, 1.54) is 19.3 Å². The molecule has 4 bridgehead atoms. The Bertz CT molecular complexity index is 508. The Kier molecular flexibility index (Phi) is 4.43. The van der Waals surface area contributed by atoms with E-state index in [1.807, 2.05) is 0 Å². The van der Waals surface area contributed by atoms with Gasteiger partial charge in [-0.05, 0) is 81.1 Å². The maximum atomic E-state index is 13.6. The van der Waals surface area contributed by atoms with Gasteiger partial charge in [-0.3, -0.25) is 4.79 Å². The zero-order chi connectivity index (χ0) is 17.7. The average Bonchev–Trinajstić information content (AvgIpc) is 2.52. The molecule has 2 unspecified atom stereocenters. The first-order valence-corrected chi connectivity index (χ1v) is 10.5. The van der Waals surface area contributed by atoms with Gasteiger partial charge < -0.3 is 15.4 Å². The first-order valence-electron chi connectivity index (χ1n) is 10.5. The van der Waals surface area contributed by atoms with Gasteiger partial charge >= 0.3 is 0 Å². The number of nitrogens with zero attached hydrogens (tertiary/aromatic N) is 1. The van der Waals surface area contributed by atoms with E-state index in [4.69, 9.17) is 10.5 Å². The van der Waals surface area contributed by atoms with Gasteiger partial charge in [-0.15, -0.1) is 0 Å². The molecule has 142 valence electrons. The van der Waals surface area contributed by atoms with E-state index in [0.717, 1.165) is 64.1 Å². The lowest BCUT2D eigenvalue weighted by atomic mass is 9.40. The predicted octanol–water partition coefficient (Wildman–Crippen LogP) is 3.34. The minimum Gasteiger partial charge on any atom is -0.378 e. The molecular formula is C21H36N2O2. The van der Waals surface area contributed by atoms with Gasteiger partial charge in [0, 0.05) is 19.7 Å². The summed E-state index contributed by atoms with van der Waals surface area (Å²) >= 11 is 0. The smallest absolute Gasteiger partial charge is 0.228 e. The lowest BCUT2D eigenvalue weighted by Crippen LogP contribution is -2.61. The standard InChI is InChI=1S/C21H36N2O2/c1-19-10-16-11-20(2,13-19)15-21(12-16,14-19)18(24)23-7-4-17(5-8-23)25-9-3-6-22/h16-17H,3-15,22H2,1-2H3. The third-order valence-electron chi connectivity index (χ3n) is 7.51. The molecular weight excluding hydrogens is 312 g/mol. The fourth-order valence-electron chi connectivity index (χ4n) is 7.58. The molecule has 4 saturated carbocycles. The number of piperidine rings is 1. The molecule has 0 spiro atoms. The number of amides is 1. The van der Waals surface area contributed by atoms with E-state index < -0.39 is 0 Å². The molecule has 0 aromatic carbocycles. The molecule has 0 aromatic rings. The summed E-state index contributed by atoms with van der Waals surface area (Å²) in [6.45, 7) is 8.12. The minimum atomic E-state index is -0.0455. The number of carbonyl (C=O) groups is 1. The van der Waals surface area contributed by atoms with Crippen LogP contribution in [-0.2, 0) is 9.53 Å². The quantitative estimate of drug-likeness (QED) is 0.775. The van der Waals surface area contributed by atoms with Crippen molar-refractivity contribution in [3.63, 3.8) is 0 Å². The Morgan fingerprint density at radius 1 is 1.08 bits per heavy atom. The summed E-state index contributed by atoms with van der Waals surface area (Å²) in [6, 6.07) is 0. The predicted molar refractivity (Wildman–Crippen MR) is 99.1 cm³/mol. The molecule has 4 aliphatic carbocycles. The summed E-state index contributed by atoms with van der Waals surface area (Å²) in [4.78, 5) is 15.8. The van der Waals surface area contributed by atoms with Crippen LogP contribution in [0.1, 0.15) is 71.6 Å². The van der Waals surface area contributed by atoms with Gasteiger partial charge in [0.1, 0.15) is 0 Å². The molecule has 0 aromatic heterocycles. The normalized spacial score (nSPS) is 43.6. The first-order chi connectivity index (χ1) is 11.9. The number of nitrogens with two attached hydrogens (primary N) is 1. The Hall–Kier alpha value is -0.610. The molecule has 5 aliphatic rings. The van der Waals surface area contributed by atoms with Crippen LogP contribution in [0.2, 0.25) is 0 Å². The maximum Gasteiger partial charge on any atom is 0.228 e. The second kappa shape index (κ2) is 6.23. The molecule has 0 radical (unpaired) electrons. The first kappa shape index (κ1) is 17.8. The van der Waals surface area contributed by atoms with E-state index in [0.29, 0.717) is 29.4 Å². The molecule has 2 N–H and O–H groups in total. The van der Waals surface area contributed by atoms with Crippen LogP contribution in [0.25, 0.3) is 0 Å². The molecule has 25 heavy (non-hydrogen) atoms. The van der Waals surface area contributed by atoms with Crippen LogP contribution >= 0.6 is 0 Å². The second-order valence-corrected chi connectivity index (χ2v) is 10.4. The highest BCUT2D eigenvalue weighted by molar-refractivity contribution is 5.83. The summed E-state index contributed by atoms with van der Waals surface area (Å²) in [5, 5.41) is 0. The second-order valence-electron chi connectivity index (χ2n) is 10.4. The number of ether oxygens (including phenoxy) is 1. The fraction of sp³-hybridized carbons (Fsp3) is 0.952. The monoisotopic (exact) mass is 348 g/mol. The van der Waals surface area contributed by atoms with E-state index in [1.54, 1.807) is 0 Å². The van der Waals surface area contributed by atoms with E-state index >= 15 is 0 Å². The Balaban J connectivity index is 1.40. The highest BCUT2D eigenvalue weighted by Gasteiger charge is 2.63. The molecule has 1 aliphatic heterocycles. The van der Waals surface area contributed by atoms with Crippen molar-refractivity contribution >= 4 is 5.91 Å². The van der Waals surface area contributed by atoms with Gasteiger partial charge in [-0.1, -0.05) is 13.8 Å². The topological polar surface area (TPSA) is 55.6 Å². The molecule has 5 fully saturated rings. The average molecular weight is 349 g/mol. The number of carbonyl (C=O) groups excluding carboxylic acids is 1. The zero-order valence-corrected chi connectivity index (χ0v) is 16.2. The van der Waals surface area contributed by atoms with Crippen molar-refractivity contribution < 1.29 is 9.53 Å². The minimum absolute atomic E-state index is 0.0455. The molecule has 4 nitrogen and oxygen atoms in total. The Morgan fingerprint density at radius 2 is 1.72 bits per heavy atom. The van der Waals surface area contributed by atoms with Gasteiger partial charge in [0.05, 0.1) is 11.5 Å². The van der Waals surface area contributed by atoms with Gasteiger partial charge in [-0.2, -0.15) is 0 Å². The summed E-state index contributed by atoms with van der Waals surface area (Å²) in [5.74, 6) is 1.27. The van der Waals surface area contributed by atoms with E-state index in [-0.39, 0.29) is 5.41 Å². The van der Waals surface area contributed by atoms with Crippen molar-refractivity contribution in [2.45, 2.75) is 77.7 Å². The van der Waals surface area contributed by atoms with E-state index in [2.05, 4.69) is 18.7 Å². The lowest BCUT2D eigenvalue weighted by Gasteiger charge is -2.65. The summed E-state index contributed by atoms with van der Waals surface area (Å²) < 4.78 is 5.91. The third-order valence-corrected chi connectivity index (χ3v) is 7.51.